The number of fused-ring (bicyclic) bond motifs is 1. The Bertz CT molecular complexity index is 780. The lowest BCUT2D eigenvalue weighted by Gasteiger charge is -2.10. The van der Waals surface area contributed by atoms with Crippen LogP contribution in [0.25, 0.3) is 10.9 Å². The summed E-state index contributed by atoms with van der Waals surface area (Å²) in [6.45, 7) is 3.08. The van der Waals surface area contributed by atoms with Gasteiger partial charge in [-0.3, -0.25) is 0 Å². The van der Waals surface area contributed by atoms with E-state index in [2.05, 4.69) is 0 Å². The highest BCUT2D eigenvalue weighted by Gasteiger charge is 2.11. The second kappa shape index (κ2) is 5.48. The minimum Gasteiger partial charge on any atom is -0.508 e. The minimum absolute atomic E-state index is 0.162. The van der Waals surface area contributed by atoms with Crippen molar-refractivity contribution in [2.75, 3.05) is 0 Å². The normalized spacial score (nSPS) is 11.0. The largest absolute Gasteiger partial charge is 0.508 e. The van der Waals surface area contributed by atoms with Gasteiger partial charge in [-0.15, -0.1) is 0 Å². The zero-order valence-electron chi connectivity index (χ0n) is 11.7. The topological polar surface area (TPSA) is 34.4 Å². The molecule has 0 saturated heterocycles. The van der Waals surface area contributed by atoms with E-state index in [1.54, 1.807) is 30.3 Å². The smallest absolute Gasteiger partial charge is 0.132 e. The van der Waals surface area contributed by atoms with Gasteiger partial charge in [-0.25, -0.2) is 4.39 Å². The molecular weight excluding hydrogens is 269 g/mol. The van der Waals surface area contributed by atoms with E-state index in [9.17, 15) is 9.50 Å². The number of hydrogen-bond donors (Lipinski definition) is 1. The van der Waals surface area contributed by atoms with Crippen LogP contribution in [0.1, 0.15) is 12.6 Å². The third-order valence-electron chi connectivity index (χ3n) is 3.50. The maximum atomic E-state index is 13.8. The van der Waals surface area contributed by atoms with Gasteiger partial charge in [0.1, 0.15) is 23.9 Å². The summed E-state index contributed by atoms with van der Waals surface area (Å²) < 4.78 is 21.6. The average molecular weight is 285 g/mol. The zero-order chi connectivity index (χ0) is 14.8. The van der Waals surface area contributed by atoms with Gasteiger partial charge in [0.15, 0.2) is 0 Å². The first kappa shape index (κ1) is 13.5. The highest BCUT2D eigenvalue weighted by Crippen LogP contribution is 2.24. The quantitative estimate of drug-likeness (QED) is 0.783. The van der Waals surface area contributed by atoms with E-state index in [0.717, 1.165) is 17.8 Å². The molecule has 0 fully saturated rings. The Hall–Kier alpha value is -2.49. The van der Waals surface area contributed by atoms with E-state index >= 15 is 0 Å². The van der Waals surface area contributed by atoms with Crippen LogP contribution in [0.3, 0.4) is 0 Å². The van der Waals surface area contributed by atoms with Crippen molar-refractivity contribution in [3.63, 3.8) is 0 Å². The first-order valence-electron chi connectivity index (χ1n) is 6.87. The highest BCUT2D eigenvalue weighted by atomic mass is 19.1. The van der Waals surface area contributed by atoms with Crippen LogP contribution in [-0.2, 0) is 13.2 Å². The van der Waals surface area contributed by atoms with Crippen LogP contribution in [0, 0.1) is 5.82 Å². The maximum Gasteiger partial charge on any atom is 0.132 e. The number of halogens is 1. The maximum absolute atomic E-state index is 13.8. The molecule has 0 aliphatic carbocycles. The van der Waals surface area contributed by atoms with Gasteiger partial charge < -0.3 is 14.4 Å². The van der Waals surface area contributed by atoms with Crippen molar-refractivity contribution < 1.29 is 14.2 Å². The van der Waals surface area contributed by atoms with Gasteiger partial charge >= 0.3 is 0 Å². The van der Waals surface area contributed by atoms with Crippen LogP contribution in [-0.4, -0.2) is 9.67 Å². The van der Waals surface area contributed by atoms with Gasteiger partial charge in [0.2, 0.25) is 0 Å². The van der Waals surface area contributed by atoms with E-state index < -0.39 is 0 Å². The number of aromatic nitrogens is 1. The number of ether oxygens (including phenoxy) is 1. The second-order valence-corrected chi connectivity index (χ2v) is 4.84. The van der Waals surface area contributed by atoms with Crippen LogP contribution in [0.4, 0.5) is 4.39 Å². The van der Waals surface area contributed by atoms with E-state index in [-0.39, 0.29) is 11.6 Å². The summed E-state index contributed by atoms with van der Waals surface area (Å²) >= 11 is 0. The summed E-state index contributed by atoms with van der Waals surface area (Å²) in [6, 6.07) is 13.5. The van der Waals surface area contributed by atoms with Crippen molar-refractivity contribution in [1.82, 2.24) is 4.57 Å². The Labute approximate surface area is 122 Å². The molecule has 3 rings (SSSR count). The van der Waals surface area contributed by atoms with E-state index in [0.29, 0.717) is 17.7 Å². The monoisotopic (exact) mass is 285 g/mol. The minimum atomic E-state index is -0.224. The first-order chi connectivity index (χ1) is 10.2. The van der Waals surface area contributed by atoms with Gasteiger partial charge in [0.25, 0.3) is 0 Å². The molecule has 2 aromatic carbocycles. The average Bonchev–Trinajstić information content (AvgIpc) is 2.84. The molecular formula is C17H16FNO2. The number of benzene rings is 2. The summed E-state index contributed by atoms with van der Waals surface area (Å²) in [7, 11) is 0. The van der Waals surface area contributed by atoms with Crippen LogP contribution in [0.5, 0.6) is 11.5 Å². The summed E-state index contributed by atoms with van der Waals surface area (Å²) in [5.74, 6) is 0.524. The molecule has 1 N–H and O–H groups in total. The Kier molecular flexibility index (Phi) is 3.52. The number of hydrogen-bond acceptors (Lipinski definition) is 2. The molecule has 0 aliphatic heterocycles. The highest BCUT2D eigenvalue weighted by molar-refractivity contribution is 5.82. The molecule has 3 aromatic rings. The number of aryl methyl sites for hydroxylation is 1. The molecule has 0 atom stereocenters. The Balaban J connectivity index is 1.91. The second-order valence-electron chi connectivity index (χ2n) is 4.84. The first-order valence-corrected chi connectivity index (χ1v) is 6.87. The Morgan fingerprint density at radius 3 is 2.71 bits per heavy atom. The molecule has 0 unspecified atom stereocenters. The lowest BCUT2D eigenvalue weighted by molar-refractivity contribution is 0.294. The fraction of sp³-hybridized carbons (Fsp3) is 0.176. The number of aromatic hydroxyl groups is 1. The molecule has 1 heterocycles. The predicted molar refractivity (Wildman–Crippen MR) is 80.0 cm³/mol. The molecule has 0 spiro atoms. The van der Waals surface area contributed by atoms with Crippen molar-refractivity contribution in [3.05, 3.63) is 60.0 Å². The van der Waals surface area contributed by atoms with Crippen molar-refractivity contribution in [2.24, 2.45) is 0 Å². The number of nitrogens with zero attached hydrogens (tertiary/aromatic N) is 1. The van der Waals surface area contributed by atoms with Gasteiger partial charge in [-0.05, 0) is 37.3 Å². The van der Waals surface area contributed by atoms with Gasteiger partial charge in [0, 0.05) is 18.0 Å². The van der Waals surface area contributed by atoms with Gasteiger partial charge in [0.05, 0.1) is 11.2 Å². The third kappa shape index (κ3) is 2.57. The van der Waals surface area contributed by atoms with E-state index in [1.807, 2.05) is 23.6 Å². The molecule has 0 bridgehead atoms. The fourth-order valence-corrected chi connectivity index (χ4v) is 2.53. The van der Waals surface area contributed by atoms with E-state index in [4.69, 9.17) is 4.74 Å². The molecule has 0 aliphatic rings. The predicted octanol–water partition coefficient (Wildman–Crippen LogP) is 4.08. The molecule has 4 heteroatoms. The number of rotatable bonds is 4. The summed E-state index contributed by atoms with van der Waals surface area (Å²) in [4.78, 5) is 0. The Morgan fingerprint density at radius 1 is 1.14 bits per heavy atom. The molecule has 0 amide bonds. The lowest BCUT2D eigenvalue weighted by Crippen LogP contribution is -2.04. The third-order valence-corrected chi connectivity index (χ3v) is 3.50. The fourth-order valence-electron chi connectivity index (χ4n) is 2.53. The van der Waals surface area contributed by atoms with Crippen LogP contribution in [0.15, 0.2) is 48.5 Å². The molecule has 21 heavy (non-hydrogen) atoms. The number of phenols is 1. The summed E-state index contributed by atoms with van der Waals surface area (Å²) in [6.07, 6.45) is 0. The van der Waals surface area contributed by atoms with Crippen molar-refractivity contribution >= 4 is 10.9 Å². The van der Waals surface area contributed by atoms with Crippen LogP contribution >= 0.6 is 0 Å². The van der Waals surface area contributed by atoms with Crippen LogP contribution < -0.4 is 4.74 Å². The molecule has 1 aromatic heterocycles. The Morgan fingerprint density at radius 2 is 1.95 bits per heavy atom. The zero-order valence-corrected chi connectivity index (χ0v) is 11.7. The molecule has 0 radical (unpaired) electrons. The summed E-state index contributed by atoms with van der Waals surface area (Å²) in [5.41, 5.74) is 1.77. The lowest BCUT2D eigenvalue weighted by atomic mass is 10.2. The van der Waals surface area contributed by atoms with Crippen molar-refractivity contribution in [1.29, 1.82) is 0 Å². The van der Waals surface area contributed by atoms with Gasteiger partial charge in [-0.1, -0.05) is 12.1 Å². The van der Waals surface area contributed by atoms with Crippen molar-refractivity contribution in [3.8, 4) is 11.5 Å². The molecule has 3 nitrogen and oxygen atoms in total. The molecule has 0 saturated carbocycles. The van der Waals surface area contributed by atoms with Crippen molar-refractivity contribution in [2.45, 2.75) is 20.1 Å². The number of phenolic OH excluding ortho intramolecular Hbond substituents is 1. The summed E-state index contributed by atoms with van der Waals surface area (Å²) in [5, 5.41) is 10.0. The SMILES string of the molecule is CCn1c(COc2cccc(O)c2)cc2c(F)cccc21. The standard InChI is InChI=1S/C17H16FNO2/c1-2-19-12(9-15-16(18)7-4-8-17(15)19)11-21-14-6-3-5-13(20)10-14/h3-10,20H,2,11H2,1H3. The van der Waals surface area contributed by atoms with E-state index in [1.165, 1.54) is 6.07 Å². The molecule has 108 valence electrons. The van der Waals surface area contributed by atoms with Crippen LogP contribution in [0.2, 0.25) is 0 Å². The van der Waals surface area contributed by atoms with Gasteiger partial charge in [-0.2, -0.15) is 0 Å².